The summed E-state index contributed by atoms with van der Waals surface area (Å²) in [7, 11) is 1.84. The van der Waals surface area contributed by atoms with E-state index >= 15 is 0 Å². The molecular formula is C14H21N5O. The van der Waals surface area contributed by atoms with Gasteiger partial charge in [0.1, 0.15) is 11.9 Å². The van der Waals surface area contributed by atoms with E-state index in [4.69, 9.17) is 0 Å². The van der Waals surface area contributed by atoms with Crippen molar-refractivity contribution in [3.05, 3.63) is 36.7 Å². The molecule has 0 N–H and O–H groups in total. The molecule has 108 valence electrons. The van der Waals surface area contributed by atoms with Crippen molar-refractivity contribution in [1.29, 1.82) is 0 Å². The van der Waals surface area contributed by atoms with Crippen LogP contribution in [0.15, 0.2) is 30.9 Å². The van der Waals surface area contributed by atoms with Crippen molar-refractivity contribution < 1.29 is 4.79 Å². The Balaban J connectivity index is 1.84. The van der Waals surface area contributed by atoms with Gasteiger partial charge in [-0.1, -0.05) is 0 Å². The number of likely N-dealkylation sites (N-methyl/N-ethyl adjacent to an activating group) is 1. The highest BCUT2D eigenvalue weighted by Crippen LogP contribution is 2.11. The number of hydrogen-bond donors (Lipinski definition) is 0. The molecule has 0 saturated heterocycles. The summed E-state index contributed by atoms with van der Waals surface area (Å²) in [6, 6.07) is 1.69. The molecule has 6 heteroatoms. The van der Waals surface area contributed by atoms with Gasteiger partial charge >= 0.3 is 0 Å². The summed E-state index contributed by atoms with van der Waals surface area (Å²) in [5.74, 6) is 0.961. The van der Waals surface area contributed by atoms with E-state index in [1.165, 1.54) is 0 Å². The average molecular weight is 275 g/mol. The van der Waals surface area contributed by atoms with E-state index < -0.39 is 0 Å². The smallest absolute Gasteiger partial charge is 0.245 e. The molecular weight excluding hydrogens is 254 g/mol. The molecule has 0 aliphatic carbocycles. The maximum absolute atomic E-state index is 12.3. The Kier molecular flexibility index (Phi) is 4.55. The summed E-state index contributed by atoms with van der Waals surface area (Å²) >= 11 is 0. The summed E-state index contributed by atoms with van der Waals surface area (Å²) < 4.78 is 3.77. The Morgan fingerprint density at radius 1 is 1.40 bits per heavy atom. The van der Waals surface area contributed by atoms with Crippen LogP contribution in [0, 0.1) is 6.92 Å². The van der Waals surface area contributed by atoms with E-state index in [-0.39, 0.29) is 11.9 Å². The minimum Gasteiger partial charge on any atom is -0.344 e. The first-order valence-corrected chi connectivity index (χ1v) is 6.81. The lowest BCUT2D eigenvalue weighted by Gasteiger charge is -2.22. The SMILES string of the molecule is Cc1nccn1[C@H](C)C(=O)N(C)CCCn1cccn1. The van der Waals surface area contributed by atoms with Gasteiger partial charge in [-0.25, -0.2) is 4.98 Å². The van der Waals surface area contributed by atoms with Crippen molar-refractivity contribution in [2.75, 3.05) is 13.6 Å². The monoisotopic (exact) mass is 275 g/mol. The van der Waals surface area contributed by atoms with Gasteiger partial charge in [0.05, 0.1) is 0 Å². The lowest BCUT2D eigenvalue weighted by Crippen LogP contribution is -2.34. The van der Waals surface area contributed by atoms with Gasteiger partial charge in [-0.3, -0.25) is 9.48 Å². The van der Waals surface area contributed by atoms with Crippen LogP contribution in [0.3, 0.4) is 0 Å². The van der Waals surface area contributed by atoms with Crippen molar-refractivity contribution in [3.8, 4) is 0 Å². The zero-order chi connectivity index (χ0) is 14.5. The number of hydrogen-bond acceptors (Lipinski definition) is 3. The first kappa shape index (κ1) is 14.3. The summed E-state index contributed by atoms with van der Waals surface area (Å²) in [6.07, 6.45) is 8.14. The van der Waals surface area contributed by atoms with Crippen LogP contribution in [0.1, 0.15) is 25.2 Å². The fourth-order valence-electron chi connectivity index (χ4n) is 2.25. The van der Waals surface area contributed by atoms with Crippen molar-refractivity contribution in [1.82, 2.24) is 24.2 Å². The van der Waals surface area contributed by atoms with Crippen LogP contribution in [0.4, 0.5) is 0 Å². The third-order valence-electron chi connectivity index (χ3n) is 3.45. The van der Waals surface area contributed by atoms with E-state index in [1.54, 1.807) is 17.3 Å². The van der Waals surface area contributed by atoms with Crippen LogP contribution in [0.2, 0.25) is 0 Å². The lowest BCUT2D eigenvalue weighted by atomic mass is 10.2. The maximum Gasteiger partial charge on any atom is 0.245 e. The van der Waals surface area contributed by atoms with E-state index in [0.29, 0.717) is 0 Å². The molecule has 0 radical (unpaired) electrons. The molecule has 0 fully saturated rings. The Labute approximate surface area is 119 Å². The van der Waals surface area contributed by atoms with Crippen LogP contribution in [0.5, 0.6) is 0 Å². The Morgan fingerprint density at radius 3 is 2.80 bits per heavy atom. The summed E-state index contributed by atoms with van der Waals surface area (Å²) in [5, 5.41) is 4.15. The van der Waals surface area contributed by atoms with Crippen LogP contribution >= 0.6 is 0 Å². The first-order chi connectivity index (χ1) is 9.59. The summed E-state index contributed by atoms with van der Waals surface area (Å²) in [5.41, 5.74) is 0. The van der Waals surface area contributed by atoms with Crippen molar-refractivity contribution in [2.24, 2.45) is 0 Å². The fourth-order valence-corrected chi connectivity index (χ4v) is 2.25. The molecule has 0 aliphatic heterocycles. The van der Waals surface area contributed by atoms with Crippen LogP contribution in [-0.4, -0.2) is 43.7 Å². The standard InChI is InChI=1S/C14H21N5O/c1-12(19-11-7-15-13(19)2)14(20)17(3)8-5-10-18-9-4-6-16-18/h4,6-7,9,11-12H,5,8,10H2,1-3H3/t12-/m1/s1. The molecule has 0 spiro atoms. The molecule has 0 saturated carbocycles. The van der Waals surface area contributed by atoms with Crippen LogP contribution in [0.25, 0.3) is 0 Å². The highest BCUT2D eigenvalue weighted by Gasteiger charge is 2.19. The number of carbonyl (C=O) groups excluding carboxylic acids is 1. The van der Waals surface area contributed by atoms with E-state index in [9.17, 15) is 4.79 Å². The molecule has 2 aromatic heterocycles. The molecule has 20 heavy (non-hydrogen) atoms. The zero-order valence-corrected chi connectivity index (χ0v) is 12.2. The summed E-state index contributed by atoms with van der Waals surface area (Å²) in [6.45, 7) is 5.35. The van der Waals surface area contributed by atoms with E-state index in [1.807, 2.05) is 48.6 Å². The van der Waals surface area contributed by atoms with Gasteiger partial charge in [-0.2, -0.15) is 5.10 Å². The van der Waals surface area contributed by atoms with Crippen molar-refractivity contribution in [2.45, 2.75) is 32.9 Å². The summed E-state index contributed by atoms with van der Waals surface area (Å²) in [4.78, 5) is 18.3. The van der Waals surface area contributed by atoms with Gasteiger partial charge in [0.2, 0.25) is 5.91 Å². The number of rotatable bonds is 6. The molecule has 0 aromatic carbocycles. The number of aryl methyl sites for hydroxylation is 2. The predicted molar refractivity (Wildman–Crippen MR) is 76.2 cm³/mol. The van der Waals surface area contributed by atoms with E-state index in [2.05, 4.69) is 10.1 Å². The molecule has 2 rings (SSSR count). The van der Waals surface area contributed by atoms with Crippen LogP contribution < -0.4 is 0 Å². The number of carbonyl (C=O) groups is 1. The number of nitrogens with zero attached hydrogens (tertiary/aromatic N) is 5. The lowest BCUT2D eigenvalue weighted by molar-refractivity contribution is -0.133. The third-order valence-corrected chi connectivity index (χ3v) is 3.45. The molecule has 2 heterocycles. The van der Waals surface area contributed by atoms with Gasteiger partial charge in [-0.05, 0) is 26.3 Å². The average Bonchev–Trinajstić information content (AvgIpc) is 3.08. The molecule has 2 aromatic rings. The fraction of sp³-hybridized carbons (Fsp3) is 0.500. The quantitative estimate of drug-likeness (QED) is 0.802. The van der Waals surface area contributed by atoms with Crippen molar-refractivity contribution >= 4 is 5.91 Å². The Morgan fingerprint density at radius 2 is 2.20 bits per heavy atom. The highest BCUT2D eigenvalue weighted by molar-refractivity contribution is 5.79. The molecule has 0 bridgehead atoms. The first-order valence-electron chi connectivity index (χ1n) is 6.81. The second kappa shape index (κ2) is 6.36. The molecule has 0 unspecified atom stereocenters. The second-order valence-electron chi connectivity index (χ2n) is 4.94. The molecule has 1 amide bonds. The number of imidazole rings is 1. The normalized spacial score (nSPS) is 12.3. The third kappa shape index (κ3) is 3.26. The van der Waals surface area contributed by atoms with Crippen LogP contribution in [-0.2, 0) is 11.3 Å². The second-order valence-corrected chi connectivity index (χ2v) is 4.94. The molecule has 6 nitrogen and oxygen atoms in total. The minimum absolute atomic E-state index is 0.103. The number of amides is 1. The molecule has 0 aliphatic rings. The Bertz CT molecular complexity index is 546. The predicted octanol–water partition coefficient (Wildman–Crippen LogP) is 1.50. The Hall–Kier alpha value is -2.11. The highest BCUT2D eigenvalue weighted by atomic mass is 16.2. The van der Waals surface area contributed by atoms with Gasteiger partial charge in [0.15, 0.2) is 0 Å². The minimum atomic E-state index is -0.216. The topological polar surface area (TPSA) is 56.0 Å². The van der Waals surface area contributed by atoms with Gasteiger partial charge in [-0.15, -0.1) is 0 Å². The van der Waals surface area contributed by atoms with Gasteiger partial charge in [0.25, 0.3) is 0 Å². The number of aromatic nitrogens is 4. The zero-order valence-electron chi connectivity index (χ0n) is 12.2. The maximum atomic E-state index is 12.3. The van der Waals surface area contributed by atoms with Crippen molar-refractivity contribution in [3.63, 3.8) is 0 Å². The van der Waals surface area contributed by atoms with Gasteiger partial charge < -0.3 is 9.47 Å². The molecule has 1 atom stereocenters. The van der Waals surface area contributed by atoms with Gasteiger partial charge in [0, 0.05) is 44.9 Å². The van der Waals surface area contributed by atoms with E-state index in [0.717, 1.165) is 25.3 Å². The largest absolute Gasteiger partial charge is 0.344 e.